The zero-order chi connectivity index (χ0) is 13.2. The molecule has 1 atom stereocenters. The molecule has 1 aromatic carbocycles. The van der Waals surface area contributed by atoms with Gasteiger partial charge in [-0.1, -0.05) is 6.07 Å². The van der Waals surface area contributed by atoms with Gasteiger partial charge >= 0.3 is 0 Å². The minimum absolute atomic E-state index is 0.194. The third kappa shape index (κ3) is 2.08. The summed E-state index contributed by atoms with van der Waals surface area (Å²) in [5.74, 6) is -0.194. The summed E-state index contributed by atoms with van der Waals surface area (Å²) in [6, 6.07) is 9.03. The molecule has 0 aliphatic carbocycles. The molecular weight excluding hydrogens is 244 g/mol. The lowest BCUT2D eigenvalue weighted by Crippen LogP contribution is -2.37. The van der Waals surface area contributed by atoms with E-state index in [1.807, 2.05) is 12.1 Å². The average Bonchev–Trinajstić information content (AvgIpc) is 2.94. The molecule has 19 heavy (non-hydrogen) atoms. The lowest BCUT2D eigenvalue weighted by atomic mass is 10.1. The van der Waals surface area contributed by atoms with E-state index in [4.69, 9.17) is 4.74 Å². The summed E-state index contributed by atoms with van der Waals surface area (Å²) >= 11 is 0. The van der Waals surface area contributed by atoms with Gasteiger partial charge in [0.2, 0.25) is 0 Å². The highest BCUT2D eigenvalue weighted by molar-refractivity contribution is 5.99. The van der Waals surface area contributed by atoms with Crippen molar-refractivity contribution in [2.75, 3.05) is 13.2 Å². The monoisotopic (exact) mass is 256 g/mol. The van der Waals surface area contributed by atoms with Gasteiger partial charge in [-0.3, -0.25) is 14.6 Å². The molecule has 1 aromatic heterocycles. The van der Waals surface area contributed by atoms with Crippen LogP contribution >= 0.6 is 0 Å². The molecule has 1 saturated heterocycles. The smallest absolute Gasteiger partial charge is 0.256 e. The van der Waals surface area contributed by atoms with Crippen LogP contribution in [0.15, 0.2) is 36.5 Å². The molecule has 1 aliphatic heterocycles. The van der Waals surface area contributed by atoms with Crippen LogP contribution in [0.2, 0.25) is 0 Å². The Bertz CT molecular complexity index is 641. The van der Waals surface area contributed by atoms with Crippen LogP contribution in [0.3, 0.4) is 0 Å². The SMILES string of the molecule is O=CC1OCCN1C(=O)c1ccc2ncccc2c1. The summed E-state index contributed by atoms with van der Waals surface area (Å²) in [5, 5.41) is 0.899. The fraction of sp³-hybridized carbons (Fsp3) is 0.214. The van der Waals surface area contributed by atoms with Crippen molar-refractivity contribution in [3.05, 3.63) is 42.1 Å². The fourth-order valence-corrected chi connectivity index (χ4v) is 2.19. The Morgan fingerprint density at radius 2 is 2.32 bits per heavy atom. The van der Waals surface area contributed by atoms with Crippen LogP contribution in [0.4, 0.5) is 0 Å². The highest BCUT2D eigenvalue weighted by Gasteiger charge is 2.29. The molecular formula is C14H12N2O3. The Hall–Kier alpha value is -2.27. The minimum Gasteiger partial charge on any atom is -0.349 e. The number of ether oxygens (including phenoxy) is 1. The Balaban J connectivity index is 1.95. The first-order valence-corrected chi connectivity index (χ1v) is 6.02. The first-order chi connectivity index (χ1) is 9.29. The molecule has 5 heteroatoms. The minimum atomic E-state index is -0.767. The van der Waals surface area contributed by atoms with E-state index in [0.717, 1.165) is 10.9 Å². The molecule has 0 radical (unpaired) electrons. The van der Waals surface area contributed by atoms with Gasteiger partial charge in [0.1, 0.15) is 0 Å². The van der Waals surface area contributed by atoms with Crippen LogP contribution in [-0.4, -0.2) is 41.5 Å². The molecule has 0 bridgehead atoms. The number of pyridine rings is 1. The second-order valence-electron chi connectivity index (χ2n) is 4.31. The molecule has 1 aliphatic rings. The maximum Gasteiger partial charge on any atom is 0.256 e. The van der Waals surface area contributed by atoms with E-state index in [9.17, 15) is 9.59 Å². The van der Waals surface area contributed by atoms with Gasteiger partial charge < -0.3 is 9.64 Å². The van der Waals surface area contributed by atoms with Crippen molar-refractivity contribution >= 4 is 23.1 Å². The Labute approximate surface area is 109 Å². The molecule has 2 aromatic rings. The number of rotatable bonds is 2. The molecule has 0 N–H and O–H groups in total. The van der Waals surface area contributed by atoms with Crippen molar-refractivity contribution < 1.29 is 14.3 Å². The average molecular weight is 256 g/mol. The van der Waals surface area contributed by atoms with Gasteiger partial charge in [0.15, 0.2) is 12.5 Å². The standard InChI is InChI=1S/C14H12N2O3/c17-9-13-16(6-7-19-13)14(18)11-3-4-12-10(8-11)2-1-5-15-12/h1-5,8-9,13H,6-7H2. The number of aldehydes is 1. The van der Waals surface area contributed by atoms with Crippen LogP contribution in [-0.2, 0) is 9.53 Å². The van der Waals surface area contributed by atoms with Gasteiger partial charge in [0.25, 0.3) is 5.91 Å². The van der Waals surface area contributed by atoms with E-state index in [2.05, 4.69) is 4.98 Å². The van der Waals surface area contributed by atoms with Crippen molar-refractivity contribution in [3.8, 4) is 0 Å². The Kier molecular flexibility index (Phi) is 2.97. The van der Waals surface area contributed by atoms with Gasteiger partial charge in [-0.15, -0.1) is 0 Å². The molecule has 3 rings (SSSR count). The number of nitrogens with zero attached hydrogens (tertiary/aromatic N) is 2. The largest absolute Gasteiger partial charge is 0.349 e. The lowest BCUT2D eigenvalue weighted by Gasteiger charge is -2.18. The summed E-state index contributed by atoms with van der Waals surface area (Å²) in [4.78, 5) is 28.8. The topological polar surface area (TPSA) is 59.5 Å². The highest BCUT2D eigenvalue weighted by Crippen LogP contribution is 2.17. The van der Waals surface area contributed by atoms with Gasteiger partial charge in [-0.25, -0.2) is 0 Å². The van der Waals surface area contributed by atoms with Crippen molar-refractivity contribution in [2.24, 2.45) is 0 Å². The van der Waals surface area contributed by atoms with E-state index in [-0.39, 0.29) is 5.91 Å². The van der Waals surface area contributed by atoms with Crippen molar-refractivity contribution in [1.82, 2.24) is 9.88 Å². The van der Waals surface area contributed by atoms with Gasteiger partial charge in [0.05, 0.1) is 12.1 Å². The molecule has 2 heterocycles. The number of hydrogen-bond acceptors (Lipinski definition) is 4. The zero-order valence-electron chi connectivity index (χ0n) is 10.2. The van der Waals surface area contributed by atoms with E-state index < -0.39 is 6.23 Å². The molecule has 1 amide bonds. The summed E-state index contributed by atoms with van der Waals surface area (Å²) < 4.78 is 5.17. The maximum absolute atomic E-state index is 12.3. The van der Waals surface area contributed by atoms with E-state index in [1.54, 1.807) is 24.4 Å². The predicted octanol–water partition coefficient (Wildman–Crippen LogP) is 1.23. The number of aromatic nitrogens is 1. The summed E-state index contributed by atoms with van der Waals surface area (Å²) in [6.45, 7) is 0.831. The highest BCUT2D eigenvalue weighted by atomic mass is 16.5. The molecule has 1 fully saturated rings. The molecule has 5 nitrogen and oxygen atoms in total. The van der Waals surface area contributed by atoms with Crippen LogP contribution in [0.1, 0.15) is 10.4 Å². The van der Waals surface area contributed by atoms with E-state index in [0.29, 0.717) is 25.0 Å². The summed E-state index contributed by atoms with van der Waals surface area (Å²) in [7, 11) is 0. The maximum atomic E-state index is 12.3. The zero-order valence-corrected chi connectivity index (χ0v) is 10.2. The summed E-state index contributed by atoms with van der Waals surface area (Å²) in [6.07, 6.45) is 1.59. The van der Waals surface area contributed by atoms with Crippen LogP contribution in [0.25, 0.3) is 10.9 Å². The second-order valence-corrected chi connectivity index (χ2v) is 4.31. The van der Waals surface area contributed by atoms with E-state index in [1.165, 1.54) is 4.90 Å². The molecule has 1 unspecified atom stereocenters. The van der Waals surface area contributed by atoms with Crippen LogP contribution < -0.4 is 0 Å². The quantitative estimate of drug-likeness (QED) is 0.758. The lowest BCUT2D eigenvalue weighted by molar-refractivity contribution is -0.120. The third-order valence-electron chi connectivity index (χ3n) is 3.16. The molecule has 0 spiro atoms. The fourth-order valence-electron chi connectivity index (χ4n) is 2.19. The van der Waals surface area contributed by atoms with Gasteiger partial charge in [0, 0.05) is 23.7 Å². The van der Waals surface area contributed by atoms with Crippen molar-refractivity contribution in [1.29, 1.82) is 0 Å². The number of hydrogen-bond donors (Lipinski definition) is 0. The van der Waals surface area contributed by atoms with Crippen molar-refractivity contribution in [3.63, 3.8) is 0 Å². The van der Waals surface area contributed by atoms with Gasteiger partial charge in [-0.05, 0) is 24.3 Å². The number of benzene rings is 1. The normalized spacial score (nSPS) is 18.7. The van der Waals surface area contributed by atoms with Crippen LogP contribution in [0, 0.1) is 0 Å². The number of amides is 1. The van der Waals surface area contributed by atoms with Crippen molar-refractivity contribution in [2.45, 2.75) is 6.23 Å². The molecule has 96 valence electrons. The Morgan fingerprint density at radius 1 is 1.42 bits per heavy atom. The van der Waals surface area contributed by atoms with Gasteiger partial charge in [-0.2, -0.15) is 0 Å². The predicted molar refractivity (Wildman–Crippen MR) is 68.6 cm³/mol. The second kappa shape index (κ2) is 4.78. The number of fused-ring (bicyclic) bond motifs is 1. The first-order valence-electron chi connectivity index (χ1n) is 6.02. The number of carbonyl (C=O) groups is 2. The van der Waals surface area contributed by atoms with E-state index >= 15 is 0 Å². The summed E-state index contributed by atoms with van der Waals surface area (Å²) in [5.41, 5.74) is 1.38. The third-order valence-corrected chi connectivity index (χ3v) is 3.16. The van der Waals surface area contributed by atoms with Crippen LogP contribution in [0.5, 0.6) is 0 Å². The number of carbonyl (C=O) groups excluding carboxylic acids is 2. The first kappa shape index (κ1) is 11.8. The molecule has 0 saturated carbocycles. The Morgan fingerprint density at radius 3 is 3.16 bits per heavy atom.